The topological polar surface area (TPSA) is 59.6 Å². The molecule has 1 heterocycles. The number of rotatable bonds is 3. The van der Waals surface area contributed by atoms with E-state index in [1.165, 1.54) is 25.3 Å². The van der Waals surface area contributed by atoms with Gasteiger partial charge in [0.05, 0.1) is 26.0 Å². The third-order valence-corrected chi connectivity index (χ3v) is 2.66. The quantitative estimate of drug-likeness (QED) is 0.836. The van der Waals surface area contributed by atoms with E-state index in [2.05, 4.69) is 10.6 Å². The molecule has 1 aliphatic rings. The van der Waals surface area contributed by atoms with Crippen LogP contribution in [0.15, 0.2) is 18.2 Å². The minimum absolute atomic E-state index is 0.265. The molecule has 1 aliphatic heterocycles. The van der Waals surface area contributed by atoms with Crippen LogP contribution in [0.2, 0.25) is 0 Å². The van der Waals surface area contributed by atoms with Crippen molar-refractivity contribution in [1.29, 1.82) is 0 Å². The molecule has 1 saturated heterocycles. The number of carbonyl (C=O) groups is 1. The van der Waals surface area contributed by atoms with E-state index in [0.717, 1.165) is 0 Å². The summed E-state index contributed by atoms with van der Waals surface area (Å²) in [4.78, 5) is 11.9. The van der Waals surface area contributed by atoms with Gasteiger partial charge in [0.1, 0.15) is 17.6 Å². The summed E-state index contributed by atoms with van der Waals surface area (Å²) in [6.45, 7) is 1.52. The van der Waals surface area contributed by atoms with E-state index < -0.39 is 11.9 Å². The molecule has 0 bridgehead atoms. The highest BCUT2D eigenvalue weighted by Crippen LogP contribution is 2.24. The van der Waals surface area contributed by atoms with Crippen LogP contribution in [0.1, 0.15) is 0 Å². The van der Waals surface area contributed by atoms with Crippen molar-refractivity contribution in [3.8, 4) is 5.75 Å². The molecule has 1 aromatic carbocycles. The van der Waals surface area contributed by atoms with Gasteiger partial charge in [0.15, 0.2) is 0 Å². The molecule has 2 rings (SSSR count). The summed E-state index contributed by atoms with van der Waals surface area (Å²) in [7, 11) is 1.46. The summed E-state index contributed by atoms with van der Waals surface area (Å²) in [6, 6.07) is 3.54. The Morgan fingerprint density at radius 1 is 1.61 bits per heavy atom. The zero-order chi connectivity index (χ0) is 13.0. The van der Waals surface area contributed by atoms with E-state index in [4.69, 9.17) is 9.47 Å². The lowest BCUT2D eigenvalue weighted by Gasteiger charge is -2.23. The largest absolute Gasteiger partial charge is 0.495 e. The lowest BCUT2D eigenvalue weighted by molar-refractivity contribution is -0.120. The van der Waals surface area contributed by atoms with E-state index in [9.17, 15) is 9.18 Å². The highest BCUT2D eigenvalue weighted by molar-refractivity contribution is 5.96. The number of methoxy groups -OCH3 is 1. The highest BCUT2D eigenvalue weighted by atomic mass is 19.1. The standard InChI is InChI=1S/C12H15FN2O3/c1-17-11-3-2-8(13)6-9(11)15-12(16)10-7-18-5-4-14-10/h2-3,6,10,14H,4-5,7H2,1H3,(H,15,16). The summed E-state index contributed by atoms with van der Waals surface area (Å²) in [6.07, 6.45) is 0. The van der Waals surface area contributed by atoms with E-state index in [0.29, 0.717) is 31.2 Å². The van der Waals surface area contributed by atoms with Crippen LogP contribution in [-0.2, 0) is 9.53 Å². The number of amides is 1. The minimum Gasteiger partial charge on any atom is -0.495 e. The molecule has 1 amide bonds. The number of hydrogen-bond acceptors (Lipinski definition) is 4. The molecule has 0 aliphatic carbocycles. The van der Waals surface area contributed by atoms with Crippen LogP contribution < -0.4 is 15.4 Å². The molecule has 0 radical (unpaired) electrons. The van der Waals surface area contributed by atoms with Gasteiger partial charge in [-0.15, -0.1) is 0 Å². The molecule has 2 N–H and O–H groups in total. The molecule has 18 heavy (non-hydrogen) atoms. The molecule has 1 aromatic rings. The zero-order valence-electron chi connectivity index (χ0n) is 10.0. The molecule has 6 heteroatoms. The summed E-state index contributed by atoms with van der Waals surface area (Å²) in [5.74, 6) is -0.279. The minimum atomic E-state index is -0.432. The average molecular weight is 254 g/mol. The number of halogens is 1. The molecular formula is C12H15FN2O3. The Bertz CT molecular complexity index is 433. The van der Waals surface area contributed by atoms with E-state index in [-0.39, 0.29) is 5.91 Å². The van der Waals surface area contributed by atoms with Crippen molar-refractivity contribution in [2.75, 3.05) is 32.2 Å². The second kappa shape index (κ2) is 5.79. The molecule has 0 saturated carbocycles. The Labute approximate surface area is 104 Å². The fourth-order valence-electron chi connectivity index (χ4n) is 1.73. The Morgan fingerprint density at radius 3 is 3.11 bits per heavy atom. The first-order valence-electron chi connectivity index (χ1n) is 5.66. The SMILES string of the molecule is COc1ccc(F)cc1NC(=O)C1COCCN1. The van der Waals surface area contributed by atoms with Crippen LogP contribution in [0.5, 0.6) is 5.75 Å². The molecule has 1 unspecified atom stereocenters. The van der Waals surface area contributed by atoms with Gasteiger partial charge in [-0.25, -0.2) is 4.39 Å². The van der Waals surface area contributed by atoms with E-state index in [1.54, 1.807) is 0 Å². The van der Waals surface area contributed by atoms with Crippen molar-refractivity contribution < 1.29 is 18.7 Å². The van der Waals surface area contributed by atoms with Crippen LogP contribution in [0.3, 0.4) is 0 Å². The van der Waals surface area contributed by atoms with Crippen molar-refractivity contribution >= 4 is 11.6 Å². The Balaban J connectivity index is 2.07. The summed E-state index contributed by atoms with van der Waals surface area (Å²) >= 11 is 0. The number of hydrogen-bond donors (Lipinski definition) is 2. The maximum Gasteiger partial charge on any atom is 0.244 e. The van der Waals surface area contributed by atoms with E-state index in [1.807, 2.05) is 0 Å². The number of anilines is 1. The summed E-state index contributed by atoms with van der Waals surface area (Å²) < 4.78 is 23.4. The Kier molecular flexibility index (Phi) is 4.11. The van der Waals surface area contributed by atoms with E-state index >= 15 is 0 Å². The van der Waals surface area contributed by atoms with Gasteiger partial charge < -0.3 is 20.1 Å². The van der Waals surface area contributed by atoms with Crippen LogP contribution >= 0.6 is 0 Å². The molecular weight excluding hydrogens is 239 g/mol. The summed E-state index contributed by atoms with van der Waals surface area (Å²) in [5, 5.41) is 5.65. The number of carbonyl (C=O) groups excluding carboxylic acids is 1. The number of nitrogens with one attached hydrogen (secondary N) is 2. The maximum atomic E-state index is 13.1. The predicted octanol–water partition coefficient (Wildman–Crippen LogP) is 0.761. The van der Waals surface area contributed by atoms with Crippen LogP contribution in [-0.4, -0.2) is 38.8 Å². The normalized spacial score (nSPS) is 19.3. The van der Waals surface area contributed by atoms with Crippen molar-refractivity contribution in [3.05, 3.63) is 24.0 Å². The molecule has 5 nitrogen and oxygen atoms in total. The summed E-state index contributed by atoms with van der Waals surface area (Å²) in [5.41, 5.74) is 0.315. The van der Waals surface area contributed by atoms with Gasteiger partial charge in [0.25, 0.3) is 0 Å². The first kappa shape index (κ1) is 12.8. The molecule has 0 spiro atoms. The first-order valence-corrected chi connectivity index (χ1v) is 5.66. The first-order chi connectivity index (χ1) is 8.70. The van der Waals surface area contributed by atoms with Gasteiger partial charge in [-0.1, -0.05) is 0 Å². The highest BCUT2D eigenvalue weighted by Gasteiger charge is 2.22. The smallest absolute Gasteiger partial charge is 0.244 e. The lowest BCUT2D eigenvalue weighted by atomic mass is 10.2. The lowest BCUT2D eigenvalue weighted by Crippen LogP contribution is -2.48. The fourth-order valence-corrected chi connectivity index (χ4v) is 1.73. The Morgan fingerprint density at radius 2 is 2.44 bits per heavy atom. The fraction of sp³-hybridized carbons (Fsp3) is 0.417. The van der Waals surface area contributed by atoms with Crippen molar-refractivity contribution in [1.82, 2.24) is 5.32 Å². The monoisotopic (exact) mass is 254 g/mol. The molecule has 1 fully saturated rings. The number of ether oxygens (including phenoxy) is 2. The van der Waals surface area contributed by atoms with Gasteiger partial charge in [-0.05, 0) is 12.1 Å². The molecule has 0 aromatic heterocycles. The zero-order valence-corrected chi connectivity index (χ0v) is 10.0. The van der Waals surface area contributed by atoms with Gasteiger partial charge in [0, 0.05) is 12.6 Å². The van der Waals surface area contributed by atoms with Gasteiger partial charge in [-0.2, -0.15) is 0 Å². The van der Waals surface area contributed by atoms with Crippen molar-refractivity contribution in [2.24, 2.45) is 0 Å². The third-order valence-electron chi connectivity index (χ3n) is 2.66. The maximum absolute atomic E-state index is 13.1. The second-order valence-electron chi connectivity index (χ2n) is 3.92. The van der Waals surface area contributed by atoms with Crippen LogP contribution in [0.25, 0.3) is 0 Å². The third kappa shape index (κ3) is 2.96. The predicted molar refractivity (Wildman–Crippen MR) is 64.2 cm³/mol. The van der Waals surface area contributed by atoms with Crippen molar-refractivity contribution in [3.63, 3.8) is 0 Å². The van der Waals surface area contributed by atoms with Gasteiger partial charge in [0.2, 0.25) is 5.91 Å². The van der Waals surface area contributed by atoms with Gasteiger partial charge >= 0.3 is 0 Å². The Hall–Kier alpha value is -1.66. The average Bonchev–Trinajstić information content (AvgIpc) is 2.40. The second-order valence-corrected chi connectivity index (χ2v) is 3.92. The van der Waals surface area contributed by atoms with Gasteiger partial charge in [-0.3, -0.25) is 4.79 Å². The number of morpholine rings is 1. The van der Waals surface area contributed by atoms with Crippen molar-refractivity contribution in [2.45, 2.75) is 6.04 Å². The number of benzene rings is 1. The van der Waals surface area contributed by atoms with Crippen LogP contribution in [0, 0.1) is 5.82 Å². The van der Waals surface area contributed by atoms with Crippen LogP contribution in [0.4, 0.5) is 10.1 Å². The molecule has 98 valence electrons. The molecule has 1 atom stereocenters.